The molecule has 2 heteroatoms. The third kappa shape index (κ3) is 1.69. The van der Waals surface area contributed by atoms with Crippen LogP contribution < -0.4 is 0 Å². The van der Waals surface area contributed by atoms with Crippen molar-refractivity contribution in [1.82, 2.24) is 0 Å². The second kappa shape index (κ2) is 3.29. The molecule has 0 spiro atoms. The van der Waals surface area contributed by atoms with Crippen LogP contribution >= 0.6 is 0 Å². The Morgan fingerprint density at radius 2 is 2.29 bits per heavy atom. The lowest BCUT2D eigenvalue weighted by molar-refractivity contribution is -0.136. The van der Waals surface area contributed by atoms with E-state index < -0.39 is 5.97 Å². The topological polar surface area (TPSA) is 37.3 Å². The molecule has 0 radical (unpaired) electrons. The van der Waals surface area contributed by atoms with Crippen LogP contribution in [0.3, 0.4) is 0 Å². The molecule has 0 heterocycles. The van der Waals surface area contributed by atoms with E-state index in [9.17, 15) is 4.79 Å². The lowest BCUT2D eigenvalue weighted by Crippen LogP contribution is -1.96. The fraction of sp³-hybridized carbons (Fsp3) is 0.250. The SMILES string of the molecule is Cc1ccc2c(c1)CC(CC(=O)O)=C2. The summed E-state index contributed by atoms with van der Waals surface area (Å²) in [6, 6.07) is 6.24. The zero-order valence-corrected chi connectivity index (χ0v) is 8.08. The summed E-state index contributed by atoms with van der Waals surface area (Å²) in [4.78, 5) is 10.5. The molecule has 2 nitrogen and oxygen atoms in total. The van der Waals surface area contributed by atoms with Gasteiger partial charge in [-0.1, -0.05) is 35.4 Å². The number of benzene rings is 1. The summed E-state index contributed by atoms with van der Waals surface area (Å²) in [6.45, 7) is 2.05. The summed E-state index contributed by atoms with van der Waals surface area (Å²) < 4.78 is 0. The summed E-state index contributed by atoms with van der Waals surface area (Å²) in [6.07, 6.45) is 2.94. The Balaban J connectivity index is 2.23. The van der Waals surface area contributed by atoms with Crippen LogP contribution in [0.1, 0.15) is 23.1 Å². The number of carbonyl (C=O) groups is 1. The molecule has 0 aliphatic heterocycles. The first kappa shape index (κ1) is 9.00. The fourth-order valence-corrected chi connectivity index (χ4v) is 1.85. The van der Waals surface area contributed by atoms with Crippen molar-refractivity contribution in [2.24, 2.45) is 0 Å². The van der Waals surface area contributed by atoms with Crippen molar-refractivity contribution in [3.8, 4) is 0 Å². The van der Waals surface area contributed by atoms with Gasteiger partial charge in [0.1, 0.15) is 0 Å². The predicted molar refractivity (Wildman–Crippen MR) is 55.1 cm³/mol. The molecule has 0 saturated carbocycles. The van der Waals surface area contributed by atoms with Gasteiger partial charge in [0.2, 0.25) is 0 Å². The molecule has 1 aliphatic rings. The van der Waals surface area contributed by atoms with Crippen LogP contribution in [0.15, 0.2) is 23.8 Å². The van der Waals surface area contributed by atoms with Gasteiger partial charge in [0.05, 0.1) is 6.42 Å². The molecule has 0 aromatic heterocycles. The molecule has 1 N–H and O–H groups in total. The summed E-state index contributed by atoms with van der Waals surface area (Å²) in [7, 11) is 0. The second-order valence-electron chi connectivity index (χ2n) is 3.75. The van der Waals surface area contributed by atoms with Crippen LogP contribution in [-0.2, 0) is 11.2 Å². The van der Waals surface area contributed by atoms with Gasteiger partial charge in [-0.25, -0.2) is 0 Å². The third-order valence-corrected chi connectivity index (χ3v) is 2.45. The Morgan fingerprint density at radius 1 is 1.50 bits per heavy atom. The first-order valence-electron chi connectivity index (χ1n) is 4.66. The average Bonchev–Trinajstić information content (AvgIpc) is 2.44. The molecule has 0 saturated heterocycles. The zero-order valence-electron chi connectivity index (χ0n) is 8.08. The van der Waals surface area contributed by atoms with Crippen molar-refractivity contribution in [2.45, 2.75) is 19.8 Å². The van der Waals surface area contributed by atoms with Gasteiger partial charge < -0.3 is 5.11 Å². The van der Waals surface area contributed by atoms with E-state index in [1.165, 1.54) is 16.7 Å². The normalized spacial score (nSPS) is 13.6. The third-order valence-electron chi connectivity index (χ3n) is 2.45. The van der Waals surface area contributed by atoms with Crippen molar-refractivity contribution >= 4 is 12.0 Å². The van der Waals surface area contributed by atoms with Gasteiger partial charge in [-0.2, -0.15) is 0 Å². The second-order valence-corrected chi connectivity index (χ2v) is 3.75. The number of rotatable bonds is 2. The number of hydrogen-bond donors (Lipinski definition) is 1. The largest absolute Gasteiger partial charge is 0.481 e. The lowest BCUT2D eigenvalue weighted by Gasteiger charge is -1.99. The lowest BCUT2D eigenvalue weighted by atomic mass is 10.1. The summed E-state index contributed by atoms with van der Waals surface area (Å²) in [5.41, 5.74) is 4.65. The first-order chi connectivity index (χ1) is 6.65. The Kier molecular flexibility index (Phi) is 2.12. The van der Waals surface area contributed by atoms with E-state index in [-0.39, 0.29) is 6.42 Å². The summed E-state index contributed by atoms with van der Waals surface area (Å²) >= 11 is 0. The maximum Gasteiger partial charge on any atom is 0.307 e. The minimum atomic E-state index is -0.749. The van der Waals surface area contributed by atoms with Crippen LogP contribution in [0.25, 0.3) is 6.08 Å². The number of aliphatic carboxylic acids is 1. The molecule has 72 valence electrons. The highest BCUT2D eigenvalue weighted by Crippen LogP contribution is 2.27. The monoisotopic (exact) mass is 188 g/mol. The van der Waals surface area contributed by atoms with Crippen LogP contribution in [0, 0.1) is 6.92 Å². The van der Waals surface area contributed by atoms with Gasteiger partial charge in [-0.3, -0.25) is 4.79 Å². The smallest absolute Gasteiger partial charge is 0.307 e. The number of aryl methyl sites for hydroxylation is 1. The van der Waals surface area contributed by atoms with E-state index in [2.05, 4.69) is 25.1 Å². The minimum Gasteiger partial charge on any atom is -0.481 e. The fourth-order valence-electron chi connectivity index (χ4n) is 1.85. The molecule has 0 unspecified atom stereocenters. The van der Waals surface area contributed by atoms with Crippen LogP contribution in [0.4, 0.5) is 0 Å². The Bertz CT molecular complexity index is 416. The zero-order chi connectivity index (χ0) is 10.1. The van der Waals surface area contributed by atoms with Crippen molar-refractivity contribution < 1.29 is 9.90 Å². The maximum absolute atomic E-state index is 10.5. The molecule has 0 amide bonds. The van der Waals surface area contributed by atoms with Crippen molar-refractivity contribution in [2.75, 3.05) is 0 Å². The van der Waals surface area contributed by atoms with Gasteiger partial charge in [0, 0.05) is 0 Å². The van der Waals surface area contributed by atoms with Crippen LogP contribution in [-0.4, -0.2) is 11.1 Å². The average molecular weight is 188 g/mol. The van der Waals surface area contributed by atoms with Crippen molar-refractivity contribution in [3.05, 3.63) is 40.5 Å². The molecular formula is C12H12O2. The number of carboxylic acids is 1. The van der Waals surface area contributed by atoms with Gasteiger partial charge in [0.25, 0.3) is 0 Å². The Labute approximate surface area is 82.9 Å². The van der Waals surface area contributed by atoms with Gasteiger partial charge in [0.15, 0.2) is 0 Å². The van der Waals surface area contributed by atoms with Crippen LogP contribution in [0.5, 0.6) is 0 Å². The van der Waals surface area contributed by atoms with Crippen LogP contribution in [0.2, 0.25) is 0 Å². The highest BCUT2D eigenvalue weighted by atomic mass is 16.4. The van der Waals surface area contributed by atoms with E-state index in [1.807, 2.05) is 6.08 Å². The van der Waals surface area contributed by atoms with E-state index in [0.717, 1.165) is 12.0 Å². The van der Waals surface area contributed by atoms with Gasteiger partial charge in [-0.15, -0.1) is 0 Å². The molecule has 0 bridgehead atoms. The molecule has 14 heavy (non-hydrogen) atoms. The predicted octanol–water partition coefficient (Wildman–Crippen LogP) is 2.41. The summed E-state index contributed by atoms with van der Waals surface area (Å²) in [5, 5.41) is 8.67. The highest BCUT2D eigenvalue weighted by Gasteiger charge is 2.14. The first-order valence-corrected chi connectivity index (χ1v) is 4.66. The molecule has 0 atom stereocenters. The number of hydrogen-bond acceptors (Lipinski definition) is 1. The minimum absolute atomic E-state index is 0.160. The number of carboxylic acid groups (broad SMARTS) is 1. The van der Waals surface area contributed by atoms with Gasteiger partial charge in [-0.05, 0) is 24.5 Å². The van der Waals surface area contributed by atoms with E-state index in [0.29, 0.717) is 0 Å². The molecule has 0 fully saturated rings. The Morgan fingerprint density at radius 3 is 3.00 bits per heavy atom. The number of fused-ring (bicyclic) bond motifs is 1. The van der Waals surface area contributed by atoms with Crippen molar-refractivity contribution in [1.29, 1.82) is 0 Å². The van der Waals surface area contributed by atoms with Gasteiger partial charge >= 0.3 is 5.97 Å². The van der Waals surface area contributed by atoms with E-state index >= 15 is 0 Å². The Hall–Kier alpha value is -1.57. The quantitative estimate of drug-likeness (QED) is 0.773. The standard InChI is InChI=1S/C12H12O2/c1-8-2-3-10-5-9(7-12(13)14)6-11(10)4-8/h2-5H,6-7H2,1H3,(H,13,14). The van der Waals surface area contributed by atoms with E-state index in [1.54, 1.807) is 0 Å². The highest BCUT2D eigenvalue weighted by molar-refractivity contribution is 5.75. The van der Waals surface area contributed by atoms with E-state index in [4.69, 9.17) is 5.11 Å². The molecule has 2 rings (SSSR count). The molecule has 1 aromatic rings. The molecular weight excluding hydrogens is 176 g/mol. The molecule has 1 aromatic carbocycles. The van der Waals surface area contributed by atoms with Crippen molar-refractivity contribution in [3.63, 3.8) is 0 Å². The molecule has 1 aliphatic carbocycles. The maximum atomic E-state index is 10.5. The summed E-state index contributed by atoms with van der Waals surface area (Å²) in [5.74, 6) is -0.749.